The number of anilines is 1. The summed E-state index contributed by atoms with van der Waals surface area (Å²) < 4.78 is 18.8. The molecule has 1 aromatic heterocycles. The van der Waals surface area contributed by atoms with Crippen LogP contribution in [0.3, 0.4) is 0 Å². The second kappa shape index (κ2) is 7.83. The van der Waals surface area contributed by atoms with E-state index in [9.17, 15) is 14.4 Å². The van der Waals surface area contributed by atoms with Gasteiger partial charge >= 0.3 is 0 Å². The predicted octanol–water partition coefficient (Wildman–Crippen LogP) is 5.78. The van der Waals surface area contributed by atoms with E-state index in [2.05, 4.69) is 5.32 Å². The third-order valence-corrected chi connectivity index (χ3v) is 4.45. The van der Waals surface area contributed by atoms with Crippen LogP contribution < -0.4 is 5.32 Å². The largest absolute Gasteiger partial charge is 0.457 e. The lowest BCUT2D eigenvalue weighted by molar-refractivity contribution is -0.112. The maximum absolute atomic E-state index is 13.1. The molecule has 0 aliphatic carbocycles. The van der Waals surface area contributed by atoms with Gasteiger partial charge < -0.3 is 9.73 Å². The predicted molar refractivity (Wildman–Crippen MR) is 110 cm³/mol. The summed E-state index contributed by atoms with van der Waals surface area (Å²) in [6, 6.07) is 24.4. The molecule has 0 saturated heterocycles. The lowest BCUT2D eigenvalue weighted by Crippen LogP contribution is -2.13. The molecule has 4 aromatic rings. The van der Waals surface area contributed by atoms with Crippen LogP contribution in [0.15, 0.2) is 88.9 Å². The minimum Gasteiger partial charge on any atom is -0.457 e. The summed E-state index contributed by atoms with van der Waals surface area (Å²) in [7, 11) is 0. The highest BCUT2D eigenvalue weighted by Crippen LogP contribution is 2.25. The molecule has 3 aromatic carbocycles. The van der Waals surface area contributed by atoms with E-state index in [0.29, 0.717) is 22.8 Å². The fraction of sp³-hybridized carbons (Fsp3) is 0. The first-order chi connectivity index (χ1) is 14.1. The molecule has 140 valence electrons. The number of carbonyl (C=O) groups is 1. The van der Waals surface area contributed by atoms with E-state index in [1.54, 1.807) is 30.3 Å². The van der Waals surface area contributed by atoms with Crippen LogP contribution in [0.1, 0.15) is 5.76 Å². The van der Waals surface area contributed by atoms with Gasteiger partial charge in [0.25, 0.3) is 5.91 Å². The molecule has 0 fully saturated rings. The molecular weight excluding hydrogens is 367 g/mol. The summed E-state index contributed by atoms with van der Waals surface area (Å²) >= 11 is 0. The fourth-order valence-electron chi connectivity index (χ4n) is 3.01. The standard InChI is InChI=1S/C24H15FN2O2/c25-19-10-8-17(9-11-19)23-13-12-20(29-23)14-18(15-26)24(28)27-22-7-3-5-16-4-1-2-6-21(16)22/h1-14H,(H,27,28)/b18-14+. The SMILES string of the molecule is N#C/C(=C\c1ccc(-c2ccc(F)cc2)o1)C(=O)Nc1cccc2ccccc12. The summed E-state index contributed by atoms with van der Waals surface area (Å²) in [5, 5.41) is 14.1. The lowest BCUT2D eigenvalue weighted by atomic mass is 10.1. The normalized spacial score (nSPS) is 11.2. The Kier molecular flexibility index (Phi) is 4.91. The van der Waals surface area contributed by atoms with Gasteiger partial charge in [-0.1, -0.05) is 36.4 Å². The number of furan rings is 1. The number of halogens is 1. The summed E-state index contributed by atoms with van der Waals surface area (Å²) in [5.74, 6) is 0.0119. The van der Waals surface area contributed by atoms with E-state index in [-0.39, 0.29) is 11.4 Å². The minimum absolute atomic E-state index is 0.0852. The molecule has 0 aliphatic heterocycles. The number of nitrogens with one attached hydrogen (secondary N) is 1. The van der Waals surface area contributed by atoms with E-state index < -0.39 is 5.91 Å². The number of carbonyl (C=O) groups excluding carboxylic acids is 1. The van der Waals surface area contributed by atoms with Crippen LogP contribution in [-0.2, 0) is 4.79 Å². The fourth-order valence-corrected chi connectivity index (χ4v) is 3.01. The molecule has 0 spiro atoms. The van der Waals surface area contributed by atoms with Crippen molar-refractivity contribution in [3.05, 3.63) is 96.0 Å². The molecule has 0 atom stereocenters. The van der Waals surface area contributed by atoms with Crippen LogP contribution in [0.5, 0.6) is 0 Å². The van der Waals surface area contributed by atoms with Gasteiger partial charge in [-0.25, -0.2) is 4.39 Å². The van der Waals surface area contributed by atoms with E-state index in [4.69, 9.17) is 4.42 Å². The van der Waals surface area contributed by atoms with Crippen molar-refractivity contribution in [2.45, 2.75) is 0 Å². The van der Waals surface area contributed by atoms with Crippen LogP contribution in [0.25, 0.3) is 28.2 Å². The summed E-state index contributed by atoms with van der Waals surface area (Å²) in [6.07, 6.45) is 1.38. The van der Waals surface area contributed by atoms with Crippen LogP contribution in [0.4, 0.5) is 10.1 Å². The smallest absolute Gasteiger partial charge is 0.266 e. The Balaban J connectivity index is 1.58. The molecule has 1 N–H and O–H groups in total. The van der Waals surface area contributed by atoms with Gasteiger partial charge in [-0.3, -0.25) is 4.79 Å². The summed E-state index contributed by atoms with van der Waals surface area (Å²) in [5.41, 5.74) is 1.24. The van der Waals surface area contributed by atoms with Crippen molar-refractivity contribution in [2.75, 3.05) is 5.32 Å². The Morgan fingerprint density at radius 3 is 2.52 bits per heavy atom. The molecule has 0 saturated carbocycles. The number of fused-ring (bicyclic) bond motifs is 1. The first-order valence-electron chi connectivity index (χ1n) is 8.91. The average Bonchev–Trinajstić information content (AvgIpc) is 3.21. The number of nitrogens with zero attached hydrogens (tertiary/aromatic N) is 1. The monoisotopic (exact) mass is 382 g/mol. The molecule has 29 heavy (non-hydrogen) atoms. The Bertz CT molecular complexity index is 1260. The van der Waals surface area contributed by atoms with Gasteiger partial charge in [0, 0.05) is 22.7 Å². The van der Waals surface area contributed by atoms with Crippen LogP contribution in [0.2, 0.25) is 0 Å². The van der Waals surface area contributed by atoms with E-state index >= 15 is 0 Å². The van der Waals surface area contributed by atoms with Crippen LogP contribution >= 0.6 is 0 Å². The topological polar surface area (TPSA) is 66.0 Å². The average molecular weight is 382 g/mol. The molecule has 0 aliphatic rings. The van der Waals surface area contributed by atoms with Gasteiger partial charge in [0.1, 0.15) is 29.0 Å². The minimum atomic E-state index is -0.524. The third-order valence-electron chi connectivity index (χ3n) is 4.45. The first kappa shape index (κ1) is 18.2. The molecule has 1 amide bonds. The highest BCUT2D eigenvalue weighted by atomic mass is 19.1. The Morgan fingerprint density at radius 2 is 1.72 bits per heavy atom. The number of nitriles is 1. The molecule has 4 nitrogen and oxygen atoms in total. The van der Waals surface area contributed by atoms with Crippen molar-refractivity contribution in [3.63, 3.8) is 0 Å². The Morgan fingerprint density at radius 1 is 0.966 bits per heavy atom. The van der Waals surface area contributed by atoms with Crippen molar-refractivity contribution < 1.29 is 13.6 Å². The van der Waals surface area contributed by atoms with Gasteiger partial charge in [0.15, 0.2) is 0 Å². The molecule has 0 bridgehead atoms. The lowest BCUT2D eigenvalue weighted by Gasteiger charge is -2.08. The molecule has 1 heterocycles. The van der Waals surface area contributed by atoms with Crippen molar-refractivity contribution in [1.82, 2.24) is 0 Å². The van der Waals surface area contributed by atoms with Crippen molar-refractivity contribution in [1.29, 1.82) is 5.26 Å². The van der Waals surface area contributed by atoms with Gasteiger partial charge in [0.05, 0.1) is 0 Å². The number of benzene rings is 3. The van der Waals surface area contributed by atoms with Gasteiger partial charge in [-0.15, -0.1) is 0 Å². The van der Waals surface area contributed by atoms with Crippen LogP contribution in [0, 0.1) is 17.1 Å². The number of amides is 1. The maximum atomic E-state index is 13.1. The number of hydrogen-bond donors (Lipinski definition) is 1. The molecule has 0 unspecified atom stereocenters. The molecule has 5 heteroatoms. The molecular formula is C24H15FN2O2. The van der Waals surface area contributed by atoms with E-state index in [1.807, 2.05) is 42.5 Å². The second-order valence-corrected chi connectivity index (χ2v) is 6.36. The summed E-state index contributed by atoms with van der Waals surface area (Å²) in [4.78, 5) is 12.6. The zero-order valence-electron chi connectivity index (χ0n) is 15.2. The quantitative estimate of drug-likeness (QED) is 0.359. The van der Waals surface area contributed by atoms with E-state index in [0.717, 1.165) is 10.8 Å². The number of hydrogen-bond acceptors (Lipinski definition) is 3. The maximum Gasteiger partial charge on any atom is 0.266 e. The highest BCUT2D eigenvalue weighted by Gasteiger charge is 2.13. The first-order valence-corrected chi connectivity index (χ1v) is 8.91. The van der Waals surface area contributed by atoms with Crippen LogP contribution in [-0.4, -0.2) is 5.91 Å². The van der Waals surface area contributed by atoms with Crippen molar-refractivity contribution in [2.24, 2.45) is 0 Å². The second-order valence-electron chi connectivity index (χ2n) is 6.36. The Labute approximate surface area is 166 Å². The van der Waals surface area contributed by atoms with Crippen molar-refractivity contribution >= 4 is 28.4 Å². The highest BCUT2D eigenvalue weighted by molar-refractivity contribution is 6.12. The van der Waals surface area contributed by atoms with Gasteiger partial charge in [0.2, 0.25) is 0 Å². The van der Waals surface area contributed by atoms with Gasteiger partial charge in [-0.05, 0) is 47.9 Å². The number of rotatable bonds is 4. The van der Waals surface area contributed by atoms with Crippen molar-refractivity contribution in [3.8, 4) is 17.4 Å². The van der Waals surface area contributed by atoms with Gasteiger partial charge in [-0.2, -0.15) is 5.26 Å². The van der Waals surface area contributed by atoms with E-state index in [1.165, 1.54) is 18.2 Å². The third kappa shape index (κ3) is 3.92. The zero-order chi connectivity index (χ0) is 20.2. The summed E-state index contributed by atoms with van der Waals surface area (Å²) in [6.45, 7) is 0. The zero-order valence-corrected chi connectivity index (χ0v) is 15.2. The molecule has 0 radical (unpaired) electrons. The molecule has 4 rings (SSSR count). The Hall–Kier alpha value is -4.17.